The number of nitrogens with zero attached hydrogens (tertiary/aromatic N) is 2. The Bertz CT molecular complexity index is 1280. The molecule has 3 N–H and O–H groups in total. The number of anilines is 1. The number of aromatic nitrogens is 3. The third kappa shape index (κ3) is 3.22. The van der Waals surface area contributed by atoms with E-state index in [-0.39, 0.29) is 11.4 Å². The van der Waals surface area contributed by atoms with Gasteiger partial charge in [0, 0.05) is 12.4 Å². The Morgan fingerprint density at radius 2 is 2.00 bits per heavy atom. The largest absolute Gasteiger partial charge is 0.425 e. The molecular weight excluding hydrogens is 439 g/mol. The number of carbonyl (C=O) groups is 2. The maximum Gasteiger partial charge on any atom is 0.425 e. The van der Waals surface area contributed by atoms with Gasteiger partial charge in [-0.3, -0.25) is 28.9 Å². The molecule has 1 aliphatic rings. The van der Waals surface area contributed by atoms with Crippen LogP contribution in [0.4, 0.5) is 19.0 Å². The fourth-order valence-electron chi connectivity index (χ4n) is 3.29. The lowest BCUT2D eigenvalue weighted by Gasteiger charge is -2.29. The van der Waals surface area contributed by atoms with Crippen molar-refractivity contribution in [1.29, 1.82) is 0 Å². The lowest BCUT2D eigenvalue weighted by Crippen LogP contribution is -2.62. The van der Waals surface area contributed by atoms with Crippen LogP contribution in [0.5, 0.6) is 0 Å². The third-order valence-corrected chi connectivity index (χ3v) is 5.55. The Kier molecular flexibility index (Phi) is 4.76. The first kappa shape index (κ1) is 20.5. The van der Waals surface area contributed by atoms with Gasteiger partial charge in [0.05, 0.1) is 11.4 Å². The standard InChI is InChI=1S/C18H12F3N5O4S/c19-18(20,21)17(25-13(27)10-4-2-6-31-10)11-12(23-15(17)29)26(16(30)24-14(11)28)8-9-3-1-5-22-7-9/h1-7H,8H2,(H,23,29)(H,25,27)(H,24,28,30)/t17-/m0/s1. The number of thiophene rings is 1. The highest BCUT2D eigenvalue weighted by atomic mass is 32.1. The maximum absolute atomic E-state index is 14.3. The molecule has 0 saturated carbocycles. The van der Waals surface area contributed by atoms with Gasteiger partial charge >= 0.3 is 11.9 Å². The summed E-state index contributed by atoms with van der Waals surface area (Å²) in [4.78, 5) is 55.5. The van der Waals surface area contributed by atoms with E-state index in [0.717, 1.165) is 15.9 Å². The van der Waals surface area contributed by atoms with Gasteiger partial charge in [-0.15, -0.1) is 11.3 Å². The minimum absolute atomic E-state index is 0.0926. The van der Waals surface area contributed by atoms with Crippen LogP contribution in [0.1, 0.15) is 20.8 Å². The number of fused-ring (bicyclic) bond motifs is 1. The van der Waals surface area contributed by atoms with Gasteiger partial charge in [-0.05, 0) is 23.1 Å². The van der Waals surface area contributed by atoms with Gasteiger partial charge in [-0.1, -0.05) is 12.1 Å². The van der Waals surface area contributed by atoms with Crippen LogP contribution in [-0.4, -0.2) is 32.5 Å². The SMILES string of the molecule is O=C(N[C@]1(C(F)(F)F)C(=O)Nc2c1c(=O)[nH]c(=O)n2Cc1cccnc1)c1cccs1. The van der Waals surface area contributed by atoms with Gasteiger partial charge in [-0.2, -0.15) is 13.2 Å². The van der Waals surface area contributed by atoms with Crippen LogP contribution < -0.4 is 21.9 Å². The first-order valence-electron chi connectivity index (χ1n) is 8.66. The van der Waals surface area contributed by atoms with Crippen LogP contribution in [0.25, 0.3) is 0 Å². The number of pyridine rings is 1. The Balaban J connectivity index is 1.92. The average Bonchev–Trinajstić information content (AvgIpc) is 3.33. The van der Waals surface area contributed by atoms with E-state index in [0.29, 0.717) is 5.56 Å². The molecule has 0 aliphatic carbocycles. The quantitative estimate of drug-likeness (QED) is 0.549. The second-order valence-electron chi connectivity index (χ2n) is 6.56. The predicted molar refractivity (Wildman–Crippen MR) is 103 cm³/mol. The van der Waals surface area contributed by atoms with E-state index in [1.54, 1.807) is 22.4 Å². The first-order valence-corrected chi connectivity index (χ1v) is 9.54. The molecule has 0 fully saturated rings. The van der Waals surface area contributed by atoms with Gasteiger partial charge in [0.25, 0.3) is 22.9 Å². The van der Waals surface area contributed by atoms with E-state index in [4.69, 9.17) is 0 Å². The maximum atomic E-state index is 14.3. The number of alkyl halides is 3. The molecule has 1 aliphatic heterocycles. The zero-order valence-electron chi connectivity index (χ0n) is 15.3. The summed E-state index contributed by atoms with van der Waals surface area (Å²) in [6.07, 6.45) is -2.56. The van der Waals surface area contributed by atoms with E-state index in [1.807, 2.05) is 5.32 Å². The molecule has 0 aromatic carbocycles. The Morgan fingerprint density at radius 3 is 2.61 bits per heavy atom. The van der Waals surface area contributed by atoms with Crippen LogP contribution >= 0.6 is 11.3 Å². The second kappa shape index (κ2) is 7.19. The number of halogens is 3. The molecule has 1 atom stereocenters. The summed E-state index contributed by atoms with van der Waals surface area (Å²) in [5.74, 6) is -3.54. The number of hydrogen-bond donors (Lipinski definition) is 3. The number of amides is 2. The summed E-state index contributed by atoms with van der Waals surface area (Å²) >= 11 is 0.859. The number of carbonyl (C=O) groups excluding carboxylic acids is 2. The van der Waals surface area contributed by atoms with Crippen molar-refractivity contribution in [3.63, 3.8) is 0 Å². The van der Waals surface area contributed by atoms with Gasteiger partial charge in [-0.25, -0.2) is 4.79 Å². The Morgan fingerprint density at radius 1 is 1.23 bits per heavy atom. The molecule has 31 heavy (non-hydrogen) atoms. The Hall–Kier alpha value is -3.74. The smallest absolute Gasteiger partial charge is 0.326 e. The van der Waals surface area contributed by atoms with Crippen molar-refractivity contribution in [3.05, 3.63) is 78.9 Å². The summed E-state index contributed by atoms with van der Waals surface area (Å²) in [6.45, 7) is -0.279. The molecular formula is C18H12F3N5O4S. The fraction of sp³-hybridized carbons (Fsp3) is 0.167. The predicted octanol–water partition coefficient (Wildman–Crippen LogP) is 1.18. The minimum atomic E-state index is -5.39. The van der Waals surface area contributed by atoms with Crippen LogP contribution in [0.15, 0.2) is 51.6 Å². The first-order chi connectivity index (χ1) is 14.6. The molecule has 0 saturated heterocycles. The van der Waals surface area contributed by atoms with Crippen LogP contribution in [0, 0.1) is 0 Å². The van der Waals surface area contributed by atoms with E-state index >= 15 is 0 Å². The normalized spacial score (nSPS) is 17.8. The molecule has 160 valence electrons. The minimum Gasteiger partial charge on any atom is -0.326 e. The monoisotopic (exact) mass is 451 g/mol. The molecule has 0 radical (unpaired) electrons. The van der Waals surface area contributed by atoms with Crippen molar-refractivity contribution in [2.45, 2.75) is 18.3 Å². The second-order valence-corrected chi connectivity index (χ2v) is 7.51. The van der Waals surface area contributed by atoms with E-state index in [9.17, 15) is 32.3 Å². The molecule has 4 heterocycles. The van der Waals surface area contributed by atoms with Crippen molar-refractivity contribution in [1.82, 2.24) is 19.9 Å². The summed E-state index contributed by atoms with van der Waals surface area (Å²) in [5, 5.41) is 5.12. The zero-order chi connectivity index (χ0) is 22.4. The fourth-order valence-corrected chi connectivity index (χ4v) is 3.91. The average molecular weight is 451 g/mol. The molecule has 0 bridgehead atoms. The number of aromatic amines is 1. The summed E-state index contributed by atoms with van der Waals surface area (Å²) in [5.41, 5.74) is -6.83. The summed E-state index contributed by atoms with van der Waals surface area (Å²) in [6, 6.07) is 5.82. The van der Waals surface area contributed by atoms with Crippen LogP contribution in [0.2, 0.25) is 0 Å². The molecule has 0 spiro atoms. The lowest BCUT2D eigenvalue weighted by molar-refractivity contribution is -0.196. The van der Waals surface area contributed by atoms with Crippen molar-refractivity contribution in [2.75, 3.05) is 5.32 Å². The number of nitrogens with one attached hydrogen (secondary N) is 3. The molecule has 3 aromatic rings. The third-order valence-electron chi connectivity index (χ3n) is 4.68. The van der Waals surface area contributed by atoms with Gasteiger partial charge in [0.2, 0.25) is 0 Å². The van der Waals surface area contributed by atoms with Crippen molar-refractivity contribution < 1.29 is 22.8 Å². The van der Waals surface area contributed by atoms with Crippen LogP contribution in [-0.2, 0) is 16.9 Å². The van der Waals surface area contributed by atoms with Gasteiger partial charge < -0.3 is 10.6 Å². The molecule has 2 amide bonds. The topological polar surface area (TPSA) is 126 Å². The molecule has 4 rings (SSSR count). The summed E-state index contributed by atoms with van der Waals surface area (Å²) < 4.78 is 43.6. The number of H-pyrrole nitrogens is 1. The van der Waals surface area contributed by atoms with Crippen molar-refractivity contribution in [2.24, 2.45) is 0 Å². The highest BCUT2D eigenvalue weighted by molar-refractivity contribution is 7.12. The van der Waals surface area contributed by atoms with Gasteiger partial charge in [0.1, 0.15) is 11.4 Å². The van der Waals surface area contributed by atoms with Crippen molar-refractivity contribution in [3.8, 4) is 0 Å². The highest BCUT2D eigenvalue weighted by Gasteiger charge is 2.68. The molecule has 3 aromatic heterocycles. The van der Waals surface area contributed by atoms with E-state index in [2.05, 4.69) is 4.98 Å². The zero-order valence-corrected chi connectivity index (χ0v) is 16.1. The van der Waals surface area contributed by atoms with Crippen molar-refractivity contribution >= 4 is 29.0 Å². The lowest BCUT2D eigenvalue weighted by atomic mass is 9.92. The molecule has 9 nitrogen and oxygen atoms in total. The van der Waals surface area contributed by atoms with E-state index in [1.165, 1.54) is 29.9 Å². The number of rotatable bonds is 4. The highest BCUT2D eigenvalue weighted by Crippen LogP contribution is 2.45. The number of hydrogen-bond acceptors (Lipinski definition) is 6. The molecule has 0 unspecified atom stereocenters. The van der Waals surface area contributed by atoms with Crippen LogP contribution in [0.3, 0.4) is 0 Å². The van der Waals surface area contributed by atoms with E-state index < -0.39 is 46.2 Å². The molecule has 13 heteroatoms. The summed E-state index contributed by atoms with van der Waals surface area (Å²) in [7, 11) is 0. The van der Waals surface area contributed by atoms with Gasteiger partial charge in [0.15, 0.2) is 0 Å². The Labute approximate surface area is 174 Å².